The first-order valence-corrected chi connectivity index (χ1v) is 11.5. The van der Waals surface area contributed by atoms with Crippen molar-refractivity contribution in [3.05, 3.63) is 72.1 Å². The fourth-order valence-electron chi connectivity index (χ4n) is 3.45. The zero-order valence-corrected chi connectivity index (χ0v) is 20.6. The molecular weight excluding hydrogens is 489 g/mol. The summed E-state index contributed by atoms with van der Waals surface area (Å²) in [5.74, 6) is -1.95. The quantitative estimate of drug-likeness (QED) is 0.464. The number of carbonyl (C=O) groups is 2. The fourth-order valence-corrected chi connectivity index (χ4v) is 3.45. The number of hydrogen-bond donors (Lipinski definition) is 1. The molecule has 0 radical (unpaired) electrons. The maximum absolute atomic E-state index is 14.2. The average molecular weight is 517 g/mol. The summed E-state index contributed by atoms with van der Waals surface area (Å²) in [7, 11) is 0. The first-order valence-electron chi connectivity index (χ1n) is 11.5. The summed E-state index contributed by atoms with van der Waals surface area (Å²) in [4.78, 5) is 28.6. The molecule has 2 aromatic heterocycles. The van der Waals surface area contributed by atoms with E-state index in [0.717, 1.165) is 12.1 Å². The largest absolute Gasteiger partial charge is 0.478 e. The summed E-state index contributed by atoms with van der Waals surface area (Å²) in [5, 5.41) is 17.1. The lowest BCUT2D eigenvalue weighted by atomic mass is 9.83. The highest BCUT2D eigenvalue weighted by atomic mass is 19.1. The summed E-state index contributed by atoms with van der Waals surface area (Å²) < 4.78 is 44.7. The third-order valence-electron chi connectivity index (χ3n) is 5.27. The Hall–Kier alpha value is -4.02. The molecule has 4 rings (SSSR count). The second-order valence-electron chi connectivity index (χ2n) is 9.47. The number of carboxylic acids is 1. The van der Waals surface area contributed by atoms with Crippen molar-refractivity contribution in [2.75, 3.05) is 11.4 Å². The minimum absolute atomic E-state index is 0.0151. The summed E-state index contributed by atoms with van der Waals surface area (Å²) in [6, 6.07) is 9.20. The molecule has 0 aliphatic heterocycles. The number of halogens is 3. The van der Waals surface area contributed by atoms with Gasteiger partial charge in [-0.15, -0.1) is 10.2 Å². The molecule has 2 heterocycles. The molecule has 0 saturated heterocycles. The van der Waals surface area contributed by atoms with Gasteiger partial charge in [-0.1, -0.05) is 0 Å². The number of amides is 1. The highest BCUT2D eigenvalue weighted by molar-refractivity contribution is 5.89. The summed E-state index contributed by atoms with van der Waals surface area (Å²) in [5.41, 5.74) is -0.711. The zero-order chi connectivity index (χ0) is 27.2. The van der Waals surface area contributed by atoms with Gasteiger partial charge in [0.05, 0.1) is 17.5 Å². The Kier molecular flexibility index (Phi) is 8.80. The van der Waals surface area contributed by atoms with Crippen molar-refractivity contribution < 1.29 is 32.6 Å². The molecule has 1 aliphatic carbocycles. The van der Waals surface area contributed by atoms with Gasteiger partial charge in [0, 0.05) is 18.3 Å². The number of pyridine rings is 1. The van der Waals surface area contributed by atoms with Crippen LogP contribution in [0.3, 0.4) is 0 Å². The highest BCUT2D eigenvalue weighted by Gasteiger charge is 2.34. The van der Waals surface area contributed by atoms with Crippen LogP contribution in [0.1, 0.15) is 44.0 Å². The lowest BCUT2D eigenvalue weighted by Gasteiger charge is -2.34. The first-order chi connectivity index (χ1) is 17.4. The van der Waals surface area contributed by atoms with Gasteiger partial charge in [0.1, 0.15) is 23.4 Å². The Morgan fingerprint density at radius 1 is 1.11 bits per heavy atom. The molecule has 0 bridgehead atoms. The Labute approximate surface area is 212 Å². The van der Waals surface area contributed by atoms with Crippen LogP contribution in [0.5, 0.6) is 0 Å². The van der Waals surface area contributed by atoms with Crippen LogP contribution in [-0.4, -0.2) is 50.7 Å². The standard InChI is InChI=1S/C21H23F2N3O4.C5H4FN/c1-21(2,3)30-20(29)26(11-12-8-14(22)9-12)18-7-6-17(24-25-18)15-10-13(19(27)28)4-5-16(15)23;6-5-2-1-3-7-4-5/h4-7,10,12,14H,8-9,11H2,1-3H3,(H,27,28);1-4H. The van der Waals surface area contributed by atoms with E-state index >= 15 is 0 Å². The Bertz CT molecular complexity index is 1210. The van der Waals surface area contributed by atoms with E-state index in [9.17, 15) is 22.8 Å². The van der Waals surface area contributed by atoms with Gasteiger partial charge in [0.15, 0.2) is 5.82 Å². The molecule has 1 aliphatic rings. The van der Waals surface area contributed by atoms with E-state index in [0.29, 0.717) is 12.8 Å². The number of rotatable bonds is 5. The Balaban J connectivity index is 0.000000468. The topological polar surface area (TPSA) is 106 Å². The number of aromatic nitrogens is 3. The van der Waals surface area contributed by atoms with Crippen molar-refractivity contribution >= 4 is 17.9 Å². The Morgan fingerprint density at radius 2 is 1.84 bits per heavy atom. The number of carbonyl (C=O) groups excluding carboxylic acids is 1. The van der Waals surface area contributed by atoms with Gasteiger partial charge in [-0.2, -0.15) is 0 Å². The molecule has 196 valence electrons. The maximum Gasteiger partial charge on any atom is 0.416 e. The number of hydrogen-bond acceptors (Lipinski definition) is 6. The van der Waals surface area contributed by atoms with E-state index in [4.69, 9.17) is 9.84 Å². The Morgan fingerprint density at radius 3 is 2.32 bits per heavy atom. The maximum atomic E-state index is 14.2. The summed E-state index contributed by atoms with van der Waals surface area (Å²) >= 11 is 0. The second-order valence-corrected chi connectivity index (χ2v) is 9.47. The van der Waals surface area contributed by atoms with Crippen molar-refractivity contribution in [2.24, 2.45) is 5.92 Å². The molecule has 1 N–H and O–H groups in total. The third-order valence-corrected chi connectivity index (χ3v) is 5.27. The second kappa shape index (κ2) is 11.8. The number of alkyl halides is 1. The van der Waals surface area contributed by atoms with Gasteiger partial charge in [-0.25, -0.2) is 22.8 Å². The molecule has 3 aromatic rings. The van der Waals surface area contributed by atoms with Crippen LogP contribution in [0.2, 0.25) is 0 Å². The number of anilines is 1. The lowest BCUT2D eigenvalue weighted by molar-refractivity contribution is 0.0548. The smallest absolute Gasteiger partial charge is 0.416 e. The van der Waals surface area contributed by atoms with Gasteiger partial charge in [-0.3, -0.25) is 9.88 Å². The molecule has 1 aromatic carbocycles. The van der Waals surface area contributed by atoms with E-state index in [2.05, 4.69) is 15.2 Å². The molecule has 1 saturated carbocycles. The molecular formula is C26H27F3N4O4. The van der Waals surface area contributed by atoms with Crippen molar-refractivity contribution in [3.63, 3.8) is 0 Å². The number of ether oxygens (including phenoxy) is 1. The lowest BCUT2D eigenvalue weighted by Crippen LogP contribution is -2.43. The predicted molar refractivity (Wildman–Crippen MR) is 130 cm³/mol. The molecule has 37 heavy (non-hydrogen) atoms. The molecule has 1 fully saturated rings. The van der Waals surface area contributed by atoms with E-state index in [-0.39, 0.29) is 40.9 Å². The molecule has 0 atom stereocenters. The van der Waals surface area contributed by atoms with Crippen LogP contribution >= 0.6 is 0 Å². The molecule has 0 spiro atoms. The molecule has 1 amide bonds. The van der Waals surface area contributed by atoms with E-state index in [1.54, 1.807) is 26.8 Å². The number of benzene rings is 1. The monoisotopic (exact) mass is 516 g/mol. The predicted octanol–water partition coefficient (Wildman–Crippen LogP) is 5.69. The first kappa shape index (κ1) is 27.6. The van der Waals surface area contributed by atoms with Crippen LogP contribution < -0.4 is 4.90 Å². The third kappa shape index (κ3) is 7.99. The van der Waals surface area contributed by atoms with Crippen molar-refractivity contribution in [3.8, 4) is 11.3 Å². The van der Waals surface area contributed by atoms with Gasteiger partial charge >= 0.3 is 12.1 Å². The zero-order valence-electron chi connectivity index (χ0n) is 20.6. The van der Waals surface area contributed by atoms with Crippen LogP contribution in [0.4, 0.5) is 23.8 Å². The van der Waals surface area contributed by atoms with Crippen LogP contribution in [0, 0.1) is 17.6 Å². The van der Waals surface area contributed by atoms with Crippen molar-refractivity contribution in [1.29, 1.82) is 0 Å². The van der Waals surface area contributed by atoms with Crippen LogP contribution in [0.25, 0.3) is 11.3 Å². The summed E-state index contributed by atoms with van der Waals surface area (Å²) in [6.45, 7) is 5.43. The number of carboxylic acid groups (broad SMARTS) is 1. The normalized spacial score (nSPS) is 16.6. The van der Waals surface area contributed by atoms with E-state index < -0.39 is 29.7 Å². The molecule has 8 nitrogen and oxygen atoms in total. The number of nitrogens with zero attached hydrogens (tertiary/aromatic N) is 4. The van der Waals surface area contributed by atoms with Gasteiger partial charge in [0.25, 0.3) is 0 Å². The molecule has 0 unspecified atom stereocenters. The molecule has 11 heteroatoms. The number of aromatic carboxylic acids is 1. The van der Waals surface area contributed by atoms with E-state index in [1.165, 1.54) is 41.6 Å². The SMILES string of the molecule is CC(C)(C)OC(=O)N(CC1CC(F)C1)c1ccc(-c2cc(C(=O)O)ccc2F)nn1.Fc1cccnc1. The minimum atomic E-state index is -1.19. The minimum Gasteiger partial charge on any atom is -0.478 e. The van der Waals surface area contributed by atoms with Crippen molar-refractivity contribution in [2.45, 2.75) is 45.4 Å². The highest BCUT2D eigenvalue weighted by Crippen LogP contribution is 2.32. The van der Waals surface area contributed by atoms with Gasteiger partial charge < -0.3 is 9.84 Å². The van der Waals surface area contributed by atoms with Gasteiger partial charge in [0.2, 0.25) is 0 Å². The van der Waals surface area contributed by atoms with Gasteiger partial charge in [-0.05, 0) is 82.0 Å². The average Bonchev–Trinajstić information content (AvgIpc) is 2.81. The van der Waals surface area contributed by atoms with E-state index in [1.807, 2.05) is 0 Å². The van der Waals surface area contributed by atoms with Crippen LogP contribution in [-0.2, 0) is 4.74 Å². The van der Waals surface area contributed by atoms with Crippen molar-refractivity contribution in [1.82, 2.24) is 15.2 Å². The van der Waals surface area contributed by atoms with Crippen LogP contribution in [0.15, 0.2) is 54.9 Å². The summed E-state index contributed by atoms with van der Waals surface area (Å²) in [6.07, 6.45) is 1.92. The fraction of sp³-hybridized carbons (Fsp3) is 0.346.